The first-order valence-corrected chi connectivity index (χ1v) is 13.6. The molecule has 0 bridgehead atoms. The standard InChI is InChI=1S/C26H32N4O7S/c1-24(2,3)37-23(31)29-16-15-26(28-38(35,36)19-11-9-18(10-12-19)30(33)34)21-17(13-14-25(4,5)32)7-6-8-20(21)27-22(26)29/h6-14,22,27-28,32H,15-16H2,1-5H3/b14-13+/t22-,26+/m1/s1. The SMILES string of the molecule is CC(C)(O)/C=C/c1cccc2c1[C@@]1(NS(=O)(=O)c3ccc([N+](=O)[O-])cc3)CCN(C(=O)OC(C)(C)C)[C@H]1N2. The van der Waals surface area contributed by atoms with Gasteiger partial charge in [-0.15, -0.1) is 0 Å². The number of likely N-dealkylation sites (tertiary alicyclic amines) is 1. The third-order valence-corrected chi connectivity index (χ3v) is 7.86. The van der Waals surface area contributed by atoms with Gasteiger partial charge < -0.3 is 15.2 Å². The van der Waals surface area contributed by atoms with Gasteiger partial charge in [0, 0.05) is 29.9 Å². The van der Waals surface area contributed by atoms with Crippen molar-refractivity contribution in [2.24, 2.45) is 0 Å². The third kappa shape index (κ3) is 5.38. The van der Waals surface area contributed by atoms with Gasteiger partial charge in [0.15, 0.2) is 0 Å². The van der Waals surface area contributed by atoms with Gasteiger partial charge in [-0.25, -0.2) is 13.2 Å². The number of nitro groups is 1. The van der Waals surface area contributed by atoms with E-state index in [0.29, 0.717) is 16.8 Å². The summed E-state index contributed by atoms with van der Waals surface area (Å²) in [5.41, 5.74) is -1.46. The molecule has 11 nitrogen and oxygen atoms in total. The van der Waals surface area contributed by atoms with E-state index in [1.807, 2.05) is 6.07 Å². The van der Waals surface area contributed by atoms with Crippen LogP contribution in [0.25, 0.3) is 6.08 Å². The Bertz CT molecular complexity index is 1390. The second-order valence-electron chi connectivity index (χ2n) is 11.1. The van der Waals surface area contributed by atoms with Crippen LogP contribution < -0.4 is 10.0 Å². The van der Waals surface area contributed by atoms with Gasteiger partial charge in [0.05, 0.1) is 15.4 Å². The number of carbonyl (C=O) groups is 1. The zero-order valence-electron chi connectivity index (χ0n) is 21.9. The summed E-state index contributed by atoms with van der Waals surface area (Å²) in [6.07, 6.45) is 2.16. The number of hydrogen-bond acceptors (Lipinski definition) is 8. The van der Waals surface area contributed by atoms with E-state index in [2.05, 4.69) is 10.0 Å². The molecule has 3 N–H and O–H groups in total. The Kier molecular flexibility index (Phi) is 6.79. The molecule has 204 valence electrons. The summed E-state index contributed by atoms with van der Waals surface area (Å²) in [6.45, 7) is 8.71. The van der Waals surface area contributed by atoms with Crippen LogP contribution in [0.4, 0.5) is 16.2 Å². The van der Waals surface area contributed by atoms with E-state index < -0.39 is 43.9 Å². The Morgan fingerprint density at radius 1 is 1.21 bits per heavy atom. The number of ether oxygens (including phenoxy) is 1. The molecular weight excluding hydrogens is 512 g/mol. The van der Waals surface area contributed by atoms with Crippen LogP contribution in [0.15, 0.2) is 53.4 Å². The number of anilines is 1. The van der Waals surface area contributed by atoms with E-state index >= 15 is 0 Å². The number of nitrogens with one attached hydrogen (secondary N) is 2. The van der Waals surface area contributed by atoms with E-state index in [-0.39, 0.29) is 23.5 Å². The van der Waals surface area contributed by atoms with Crippen LogP contribution in [0.3, 0.4) is 0 Å². The van der Waals surface area contributed by atoms with Crippen molar-refractivity contribution in [2.45, 2.75) is 68.8 Å². The Morgan fingerprint density at radius 2 is 1.87 bits per heavy atom. The lowest BCUT2D eigenvalue weighted by Crippen LogP contribution is -2.55. The Balaban J connectivity index is 1.82. The molecule has 0 spiro atoms. The number of nitrogens with zero attached hydrogens (tertiary/aromatic N) is 2. The average Bonchev–Trinajstić information content (AvgIpc) is 3.29. The van der Waals surface area contributed by atoms with Crippen LogP contribution in [0.1, 0.15) is 52.2 Å². The number of carbonyl (C=O) groups excluding carboxylic acids is 1. The monoisotopic (exact) mass is 544 g/mol. The Hall–Kier alpha value is -3.48. The number of benzene rings is 2. The molecule has 2 aliphatic rings. The predicted molar refractivity (Wildman–Crippen MR) is 142 cm³/mol. The molecule has 2 atom stereocenters. The minimum Gasteiger partial charge on any atom is -0.444 e. The lowest BCUT2D eigenvalue weighted by molar-refractivity contribution is -0.384. The van der Waals surface area contributed by atoms with Crippen LogP contribution in [-0.2, 0) is 20.3 Å². The van der Waals surface area contributed by atoms with Crippen LogP contribution >= 0.6 is 0 Å². The maximum Gasteiger partial charge on any atom is 0.412 e. The molecule has 12 heteroatoms. The molecule has 2 heterocycles. The minimum absolute atomic E-state index is 0.148. The van der Waals surface area contributed by atoms with E-state index in [9.17, 15) is 28.4 Å². The molecule has 2 aromatic carbocycles. The lowest BCUT2D eigenvalue weighted by Gasteiger charge is -2.34. The molecular formula is C26H32N4O7S. The van der Waals surface area contributed by atoms with Crippen molar-refractivity contribution in [3.63, 3.8) is 0 Å². The summed E-state index contributed by atoms with van der Waals surface area (Å²) in [4.78, 5) is 24.9. The highest BCUT2D eigenvalue weighted by Gasteiger charge is 2.58. The zero-order chi connectivity index (χ0) is 28.1. The maximum absolute atomic E-state index is 13.6. The molecule has 0 aliphatic carbocycles. The van der Waals surface area contributed by atoms with Gasteiger partial charge in [-0.3, -0.25) is 15.0 Å². The molecule has 0 aromatic heterocycles. The second kappa shape index (κ2) is 9.37. The Labute approximate surface area is 221 Å². The maximum atomic E-state index is 13.6. The van der Waals surface area contributed by atoms with Crippen LogP contribution in [0.5, 0.6) is 0 Å². The largest absolute Gasteiger partial charge is 0.444 e. The highest BCUT2D eigenvalue weighted by molar-refractivity contribution is 7.89. The van der Waals surface area contributed by atoms with Crippen molar-refractivity contribution >= 4 is 33.6 Å². The molecule has 1 saturated heterocycles. The fourth-order valence-corrected chi connectivity index (χ4v) is 6.19. The fourth-order valence-electron chi connectivity index (χ4n) is 4.78. The van der Waals surface area contributed by atoms with Crippen LogP contribution in [-0.4, -0.2) is 53.4 Å². The van der Waals surface area contributed by atoms with Crippen molar-refractivity contribution in [3.8, 4) is 0 Å². The summed E-state index contributed by atoms with van der Waals surface area (Å²) in [7, 11) is -4.20. The smallest absolute Gasteiger partial charge is 0.412 e. The topological polar surface area (TPSA) is 151 Å². The van der Waals surface area contributed by atoms with Gasteiger partial charge in [0.2, 0.25) is 10.0 Å². The molecule has 4 rings (SSSR count). The number of amides is 1. The lowest BCUT2D eigenvalue weighted by atomic mass is 9.86. The number of aliphatic hydroxyl groups is 1. The minimum atomic E-state index is -4.20. The number of fused-ring (bicyclic) bond motifs is 3. The number of nitro benzene ring substituents is 1. The third-order valence-electron chi connectivity index (χ3n) is 6.33. The van der Waals surface area contributed by atoms with Crippen LogP contribution in [0, 0.1) is 10.1 Å². The second-order valence-corrected chi connectivity index (χ2v) is 12.7. The summed E-state index contributed by atoms with van der Waals surface area (Å²) in [5.74, 6) is 0. The van der Waals surface area contributed by atoms with Gasteiger partial charge >= 0.3 is 6.09 Å². The average molecular weight is 545 g/mol. The van der Waals surface area contributed by atoms with E-state index in [1.54, 1.807) is 58.9 Å². The number of rotatable bonds is 6. The normalized spacial score (nSPS) is 21.2. The summed E-state index contributed by atoms with van der Waals surface area (Å²) >= 11 is 0. The molecule has 0 radical (unpaired) electrons. The molecule has 1 amide bonds. The number of hydrogen-bond donors (Lipinski definition) is 3. The van der Waals surface area contributed by atoms with Crippen LogP contribution in [0.2, 0.25) is 0 Å². The molecule has 38 heavy (non-hydrogen) atoms. The van der Waals surface area contributed by atoms with Crippen molar-refractivity contribution in [2.75, 3.05) is 11.9 Å². The Morgan fingerprint density at radius 3 is 2.45 bits per heavy atom. The quantitative estimate of drug-likeness (QED) is 0.365. The van der Waals surface area contributed by atoms with Crippen molar-refractivity contribution < 1.29 is 28.0 Å². The highest BCUT2D eigenvalue weighted by Crippen LogP contribution is 2.50. The van der Waals surface area contributed by atoms with E-state index in [0.717, 1.165) is 12.1 Å². The first-order valence-electron chi connectivity index (χ1n) is 12.1. The highest BCUT2D eigenvalue weighted by atomic mass is 32.2. The van der Waals surface area contributed by atoms with E-state index in [4.69, 9.17) is 4.74 Å². The first-order chi connectivity index (χ1) is 17.5. The zero-order valence-corrected chi connectivity index (χ0v) is 22.7. The van der Waals surface area contributed by atoms with E-state index in [1.165, 1.54) is 17.0 Å². The number of non-ortho nitro benzene ring substituents is 1. The first kappa shape index (κ1) is 27.6. The van der Waals surface area contributed by atoms with Gasteiger partial charge in [-0.1, -0.05) is 24.3 Å². The van der Waals surface area contributed by atoms with Crippen molar-refractivity contribution in [1.82, 2.24) is 9.62 Å². The molecule has 0 saturated carbocycles. The molecule has 0 unspecified atom stereocenters. The van der Waals surface area contributed by atoms with Gasteiger partial charge in [-0.05, 0) is 64.8 Å². The molecule has 2 aliphatic heterocycles. The van der Waals surface area contributed by atoms with Gasteiger partial charge in [0.25, 0.3) is 5.69 Å². The summed E-state index contributed by atoms with van der Waals surface area (Å²) in [5, 5.41) is 24.6. The summed E-state index contributed by atoms with van der Waals surface area (Å²) < 4.78 is 35.7. The summed E-state index contributed by atoms with van der Waals surface area (Å²) in [6, 6.07) is 10.0. The van der Waals surface area contributed by atoms with Gasteiger partial charge in [0.1, 0.15) is 17.3 Å². The molecule has 2 aromatic rings. The number of sulfonamides is 1. The van der Waals surface area contributed by atoms with Crippen molar-refractivity contribution in [3.05, 3.63) is 69.8 Å². The fraction of sp³-hybridized carbons (Fsp3) is 0.423. The molecule has 1 fully saturated rings. The predicted octanol–water partition coefficient (Wildman–Crippen LogP) is 3.95. The van der Waals surface area contributed by atoms with Gasteiger partial charge in [-0.2, -0.15) is 4.72 Å². The van der Waals surface area contributed by atoms with Crippen molar-refractivity contribution in [1.29, 1.82) is 0 Å².